The first-order valence-corrected chi connectivity index (χ1v) is 8.75. The molecule has 2 saturated heterocycles. The zero-order valence-electron chi connectivity index (χ0n) is 12.4. The number of ether oxygens (including phenoxy) is 1. The molecule has 5 heteroatoms. The molecule has 0 radical (unpaired) electrons. The number of likely N-dealkylation sites (tertiary alicyclic amines) is 1. The lowest BCUT2D eigenvalue weighted by Crippen LogP contribution is -2.51. The highest BCUT2D eigenvalue weighted by Gasteiger charge is 2.33. The Kier molecular flexibility index (Phi) is 5.96. The van der Waals surface area contributed by atoms with E-state index in [1.54, 1.807) is 0 Å². The summed E-state index contributed by atoms with van der Waals surface area (Å²) in [6.07, 6.45) is 5.03. The minimum Gasteiger partial charge on any atom is -0.374 e. The molecule has 0 bridgehead atoms. The van der Waals surface area contributed by atoms with Crippen molar-refractivity contribution in [1.29, 1.82) is 0 Å². The van der Waals surface area contributed by atoms with Crippen molar-refractivity contribution in [1.82, 2.24) is 9.80 Å². The Balaban J connectivity index is 1.76. The van der Waals surface area contributed by atoms with Gasteiger partial charge in [0.2, 0.25) is 0 Å². The summed E-state index contributed by atoms with van der Waals surface area (Å²) < 4.78 is 6.24. The molecule has 2 rings (SSSR count). The number of nitrogens with zero attached hydrogens (tertiary/aromatic N) is 2. The normalized spacial score (nSPS) is 29.5. The fourth-order valence-electron chi connectivity index (χ4n) is 3.10. The number of thioether (sulfide) groups is 1. The Labute approximate surface area is 122 Å². The van der Waals surface area contributed by atoms with Crippen molar-refractivity contribution in [3.8, 4) is 0 Å². The Bertz CT molecular complexity index is 263. The van der Waals surface area contributed by atoms with Gasteiger partial charge in [0, 0.05) is 30.9 Å². The zero-order valence-corrected chi connectivity index (χ0v) is 13.3. The van der Waals surface area contributed by atoms with Crippen molar-refractivity contribution in [3.63, 3.8) is 0 Å². The molecule has 0 amide bonds. The van der Waals surface area contributed by atoms with E-state index >= 15 is 0 Å². The van der Waals surface area contributed by atoms with Gasteiger partial charge in [0.25, 0.3) is 0 Å². The lowest BCUT2D eigenvalue weighted by molar-refractivity contribution is -0.0445. The van der Waals surface area contributed by atoms with Crippen molar-refractivity contribution in [3.05, 3.63) is 0 Å². The van der Waals surface area contributed by atoms with Crippen LogP contribution in [0.1, 0.15) is 19.8 Å². The van der Waals surface area contributed by atoms with E-state index < -0.39 is 0 Å². The van der Waals surface area contributed by atoms with Crippen LogP contribution in [0.25, 0.3) is 0 Å². The van der Waals surface area contributed by atoms with Crippen LogP contribution >= 0.6 is 11.8 Å². The number of rotatable bonds is 5. The second-order valence-corrected chi connectivity index (χ2v) is 7.05. The van der Waals surface area contributed by atoms with Crippen LogP contribution in [0.5, 0.6) is 0 Å². The van der Waals surface area contributed by atoms with Gasteiger partial charge in [-0.05, 0) is 38.7 Å². The second kappa shape index (κ2) is 7.27. The van der Waals surface area contributed by atoms with Gasteiger partial charge in [0.1, 0.15) is 0 Å². The van der Waals surface area contributed by atoms with E-state index in [9.17, 15) is 0 Å². The zero-order chi connectivity index (χ0) is 13.7. The summed E-state index contributed by atoms with van der Waals surface area (Å²) in [5.41, 5.74) is 5.94. The second-order valence-electron chi connectivity index (χ2n) is 5.78. The monoisotopic (exact) mass is 287 g/mol. The third-order valence-electron chi connectivity index (χ3n) is 4.70. The van der Waals surface area contributed by atoms with Gasteiger partial charge in [-0.3, -0.25) is 4.90 Å². The standard InChI is InChI=1S/C14H29N3OS/c1-3-16-8-9-18-13(10-16)11-17-6-4-14(12-15,19-2)5-7-17/h13H,3-12,15H2,1-2H3. The van der Waals surface area contributed by atoms with Crippen molar-refractivity contribution < 1.29 is 4.74 Å². The molecule has 112 valence electrons. The maximum atomic E-state index is 5.94. The largest absolute Gasteiger partial charge is 0.374 e. The van der Waals surface area contributed by atoms with Crippen LogP contribution in [0.3, 0.4) is 0 Å². The first kappa shape index (κ1) is 15.6. The highest BCUT2D eigenvalue weighted by atomic mass is 32.2. The Hall–Kier alpha value is 0.190. The fraction of sp³-hybridized carbons (Fsp3) is 1.00. The quantitative estimate of drug-likeness (QED) is 0.812. The molecular weight excluding hydrogens is 258 g/mol. The molecule has 0 aliphatic carbocycles. The average molecular weight is 287 g/mol. The van der Waals surface area contributed by atoms with Crippen LogP contribution in [-0.4, -0.2) is 79.3 Å². The summed E-state index contributed by atoms with van der Waals surface area (Å²) >= 11 is 1.95. The van der Waals surface area contributed by atoms with Gasteiger partial charge in [-0.25, -0.2) is 0 Å². The molecule has 0 spiro atoms. The molecule has 0 aromatic heterocycles. The SMILES string of the molecule is CCN1CCOC(CN2CCC(CN)(SC)CC2)C1. The Morgan fingerprint density at radius 2 is 2.00 bits per heavy atom. The van der Waals surface area contributed by atoms with E-state index in [4.69, 9.17) is 10.5 Å². The molecule has 0 aromatic carbocycles. The first-order valence-electron chi connectivity index (χ1n) is 7.53. The summed E-state index contributed by atoms with van der Waals surface area (Å²) in [5, 5.41) is 0. The number of hydrogen-bond acceptors (Lipinski definition) is 5. The van der Waals surface area contributed by atoms with Gasteiger partial charge >= 0.3 is 0 Å². The van der Waals surface area contributed by atoms with Crippen LogP contribution in [-0.2, 0) is 4.74 Å². The Morgan fingerprint density at radius 1 is 1.26 bits per heavy atom. The number of morpholine rings is 1. The molecule has 2 aliphatic rings. The molecule has 4 nitrogen and oxygen atoms in total. The van der Waals surface area contributed by atoms with Crippen molar-refractivity contribution in [2.45, 2.75) is 30.6 Å². The van der Waals surface area contributed by atoms with Crippen molar-refractivity contribution >= 4 is 11.8 Å². The highest BCUT2D eigenvalue weighted by molar-refractivity contribution is 8.00. The molecule has 1 unspecified atom stereocenters. The molecule has 19 heavy (non-hydrogen) atoms. The lowest BCUT2D eigenvalue weighted by Gasteiger charge is -2.42. The third kappa shape index (κ3) is 4.08. The summed E-state index contributed by atoms with van der Waals surface area (Å²) in [6.45, 7) is 10.7. The maximum Gasteiger partial charge on any atom is 0.0829 e. The predicted molar refractivity (Wildman–Crippen MR) is 82.8 cm³/mol. The summed E-state index contributed by atoms with van der Waals surface area (Å²) in [7, 11) is 0. The van der Waals surface area contributed by atoms with Crippen molar-refractivity contribution in [2.75, 3.05) is 58.7 Å². The van der Waals surface area contributed by atoms with E-state index in [0.29, 0.717) is 10.9 Å². The van der Waals surface area contributed by atoms with Crippen LogP contribution in [0.2, 0.25) is 0 Å². The maximum absolute atomic E-state index is 5.94. The van der Waals surface area contributed by atoms with E-state index in [0.717, 1.165) is 39.3 Å². The van der Waals surface area contributed by atoms with E-state index in [-0.39, 0.29) is 0 Å². The van der Waals surface area contributed by atoms with Crippen molar-refractivity contribution in [2.24, 2.45) is 5.73 Å². The van der Waals surface area contributed by atoms with E-state index in [1.807, 2.05) is 11.8 Å². The molecule has 0 saturated carbocycles. The van der Waals surface area contributed by atoms with Crippen LogP contribution in [0.15, 0.2) is 0 Å². The van der Waals surface area contributed by atoms with E-state index in [2.05, 4.69) is 23.0 Å². The topological polar surface area (TPSA) is 41.7 Å². The van der Waals surface area contributed by atoms with Gasteiger partial charge in [-0.15, -0.1) is 0 Å². The van der Waals surface area contributed by atoms with Crippen LogP contribution in [0, 0.1) is 0 Å². The number of piperidine rings is 1. The number of nitrogens with two attached hydrogens (primary N) is 1. The summed E-state index contributed by atoms with van der Waals surface area (Å²) in [6, 6.07) is 0. The average Bonchev–Trinajstić information content (AvgIpc) is 2.48. The molecule has 1 atom stereocenters. The smallest absolute Gasteiger partial charge is 0.0829 e. The molecular formula is C14H29N3OS. The third-order valence-corrected chi connectivity index (χ3v) is 6.15. The van der Waals surface area contributed by atoms with Gasteiger partial charge < -0.3 is 15.4 Å². The summed E-state index contributed by atoms with van der Waals surface area (Å²) in [5.74, 6) is 0. The van der Waals surface area contributed by atoms with Crippen LogP contribution in [0.4, 0.5) is 0 Å². The number of hydrogen-bond donors (Lipinski definition) is 1. The van der Waals surface area contributed by atoms with Gasteiger partial charge in [0.15, 0.2) is 0 Å². The summed E-state index contributed by atoms with van der Waals surface area (Å²) in [4.78, 5) is 5.05. The van der Waals surface area contributed by atoms with Gasteiger partial charge in [-0.1, -0.05) is 6.92 Å². The fourth-order valence-corrected chi connectivity index (χ4v) is 3.86. The van der Waals surface area contributed by atoms with Crippen LogP contribution < -0.4 is 5.73 Å². The van der Waals surface area contributed by atoms with E-state index in [1.165, 1.54) is 25.9 Å². The molecule has 2 N–H and O–H groups in total. The van der Waals surface area contributed by atoms with Gasteiger partial charge in [0.05, 0.1) is 12.7 Å². The molecule has 2 fully saturated rings. The minimum atomic E-state index is 0.333. The van der Waals surface area contributed by atoms with Gasteiger partial charge in [-0.2, -0.15) is 11.8 Å². The minimum absolute atomic E-state index is 0.333. The Morgan fingerprint density at radius 3 is 2.58 bits per heavy atom. The highest BCUT2D eigenvalue weighted by Crippen LogP contribution is 2.33. The molecule has 0 aromatic rings. The molecule has 2 aliphatic heterocycles. The predicted octanol–water partition coefficient (Wildman–Crippen LogP) is 0.863. The number of likely N-dealkylation sites (N-methyl/N-ethyl adjacent to an activating group) is 1. The molecule has 2 heterocycles. The first-order chi connectivity index (χ1) is 9.21. The lowest BCUT2D eigenvalue weighted by atomic mass is 9.95.